The zero-order valence-electron chi connectivity index (χ0n) is 10.1. The summed E-state index contributed by atoms with van der Waals surface area (Å²) in [6.45, 7) is 2.32. The molecular formula is C13H15NO4. The number of hydrogen-bond donors (Lipinski definition) is 1. The number of aryl methyl sites for hydroxylation is 1. The number of rotatable bonds is 3. The van der Waals surface area contributed by atoms with Crippen LogP contribution in [0.2, 0.25) is 0 Å². The fourth-order valence-electron chi connectivity index (χ4n) is 2.08. The molecule has 0 saturated carbocycles. The molecular weight excluding hydrogens is 234 g/mol. The van der Waals surface area contributed by atoms with Gasteiger partial charge in [0, 0.05) is 12.6 Å². The van der Waals surface area contributed by atoms with Crippen molar-refractivity contribution in [2.45, 2.75) is 25.8 Å². The van der Waals surface area contributed by atoms with Gasteiger partial charge < -0.3 is 14.4 Å². The number of likely N-dealkylation sites (tertiary alicyclic amines) is 1. The number of furan rings is 1. The summed E-state index contributed by atoms with van der Waals surface area (Å²) >= 11 is 0. The number of carboxylic acids is 1. The van der Waals surface area contributed by atoms with Gasteiger partial charge in [0.05, 0.1) is 0 Å². The van der Waals surface area contributed by atoms with Crippen LogP contribution in [-0.4, -0.2) is 34.5 Å². The van der Waals surface area contributed by atoms with Crippen molar-refractivity contribution in [3.63, 3.8) is 0 Å². The van der Waals surface area contributed by atoms with E-state index < -0.39 is 12.0 Å². The first-order chi connectivity index (χ1) is 8.58. The van der Waals surface area contributed by atoms with E-state index in [4.69, 9.17) is 9.52 Å². The summed E-state index contributed by atoms with van der Waals surface area (Å²) in [6.07, 6.45) is 4.18. The van der Waals surface area contributed by atoms with Crippen LogP contribution in [0.15, 0.2) is 22.6 Å². The number of carboxylic acid groups (broad SMARTS) is 1. The van der Waals surface area contributed by atoms with Crippen LogP contribution in [-0.2, 0) is 9.59 Å². The number of aliphatic carboxylic acids is 1. The molecule has 1 aromatic rings. The van der Waals surface area contributed by atoms with E-state index in [2.05, 4.69) is 0 Å². The standard InChI is InChI=1S/C13H15NO4/c1-9-4-5-10(18-9)6-7-12(15)14-8-2-3-11(14)13(16)17/h4-7,11H,2-3,8H2,1H3,(H,16,17)/b7-6+/t11-/m1/s1. The van der Waals surface area contributed by atoms with Gasteiger partial charge in [-0.2, -0.15) is 0 Å². The maximum absolute atomic E-state index is 11.9. The van der Waals surface area contributed by atoms with Crippen LogP contribution in [0.3, 0.4) is 0 Å². The van der Waals surface area contributed by atoms with E-state index in [9.17, 15) is 9.59 Å². The normalized spacial score (nSPS) is 19.6. The number of hydrogen-bond acceptors (Lipinski definition) is 3. The third-order valence-corrected chi connectivity index (χ3v) is 2.97. The first-order valence-corrected chi connectivity index (χ1v) is 5.86. The van der Waals surface area contributed by atoms with Crippen molar-refractivity contribution in [1.29, 1.82) is 0 Å². The third-order valence-electron chi connectivity index (χ3n) is 2.97. The molecule has 96 valence electrons. The van der Waals surface area contributed by atoms with Gasteiger partial charge >= 0.3 is 5.97 Å². The van der Waals surface area contributed by atoms with Crippen molar-refractivity contribution in [2.75, 3.05) is 6.54 Å². The van der Waals surface area contributed by atoms with Crippen LogP contribution in [0, 0.1) is 6.92 Å². The Morgan fingerprint density at radius 1 is 1.50 bits per heavy atom. The summed E-state index contributed by atoms with van der Waals surface area (Å²) in [6, 6.07) is 2.87. The smallest absolute Gasteiger partial charge is 0.326 e. The predicted molar refractivity (Wildman–Crippen MR) is 64.8 cm³/mol. The molecule has 1 aliphatic rings. The van der Waals surface area contributed by atoms with Gasteiger partial charge in [-0.25, -0.2) is 4.79 Å². The highest BCUT2D eigenvalue weighted by atomic mass is 16.4. The molecule has 0 bridgehead atoms. The van der Waals surface area contributed by atoms with E-state index in [0.29, 0.717) is 18.7 Å². The van der Waals surface area contributed by atoms with Gasteiger partial charge in [0.15, 0.2) is 0 Å². The van der Waals surface area contributed by atoms with Crippen molar-refractivity contribution in [1.82, 2.24) is 4.90 Å². The molecule has 1 N–H and O–H groups in total. The van der Waals surface area contributed by atoms with E-state index in [-0.39, 0.29) is 5.91 Å². The lowest BCUT2D eigenvalue weighted by Crippen LogP contribution is -2.39. The summed E-state index contributed by atoms with van der Waals surface area (Å²) in [7, 11) is 0. The topological polar surface area (TPSA) is 70.8 Å². The molecule has 5 nitrogen and oxygen atoms in total. The molecule has 1 atom stereocenters. The molecule has 1 amide bonds. The lowest BCUT2D eigenvalue weighted by Gasteiger charge is -2.19. The average molecular weight is 249 g/mol. The van der Waals surface area contributed by atoms with Crippen LogP contribution in [0.5, 0.6) is 0 Å². The van der Waals surface area contributed by atoms with Gasteiger partial charge in [0.2, 0.25) is 5.91 Å². The number of carbonyl (C=O) groups is 2. The molecule has 0 aromatic carbocycles. The summed E-state index contributed by atoms with van der Waals surface area (Å²) in [5, 5.41) is 8.98. The minimum atomic E-state index is -0.942. The Bertz CT molecular complexity index is 489. The van der Waals surface area contributed by atoms with Crippen LogP contribution in [0.1, 0.15) is 24.4 Å². The van der Waals surface area contributed by atoms with Gasteiger partial charge in [-0.05, 0) is 38.0 Å². The summed E-state index contributed by atoms with van der Waals surface area (Å²) in [5.74, 6) is 0.135. The highest BCUT2D eigenvalue weighted by Gasteiger charge is 2.32. The zero-order chi connectivity index (χ0) is 13.1. The fourth-order valence-corrected chi connectivity index (χ4v) is 2.08. The molecule has 5 heteroatoms. The first-order valence-electron chi connectivity index (χ1n) is 5.86. The highest BCUT2D eigenvalue weighted by Crippen LogP contribution is 2.18. The van der Waals surface area contributed by atoms with Crippen LogP contribution < -0.4 is 0 Å². The van der Waals surface area contributed by atoms with Crippen LogP contribution in [0.25, 0.3) is 6.08 Å². The van der Waals surface area contributed by atoms with Crippen molar-refractivity contribution in [2.24, 2.45) is 0 Å². The Labute approximate surface area is 105 Å². The molecule has 0 aliphatic carbocycles. The molecule has 1 saturated heterocycles. The van der Waals surface area contributed by atoms with Gasteiger partial charge in [-0.15, -0.1) is 0 Å². The molecule has 1 fully saturated rings. The fraction of sp³-hybridized carbons (Fsp3) is 0.385. The summed E-state index contributed by atoms with van der Waals surface area (Å²) in [4.78, 5) is 24.2. The SMILES string of the molecule is Cc1ccc(/C=C/C(=O)N2CCC[C@@H]2C(=O)O)o1. The van der Waals surface area contributed by atoms with Crippen LogP contribution in [0.4, 0.5) is 0 Å². The Kier molecular flexibility index (Phi) is 3.50. The van der Waals surface area contributed by atoms with Crippen molar-refractivity contribution < 1.29 is 19.1 Å². The Morgan fingerprint density at radius 2 is 2.28 bits per heavy atom. The van der Waals surface area contributed by atoms with Crippen LogP contribution >= 0.6 is 0 Å². The first kappa shape index (κ1) is 12.4. The molecule has 2 heterocycles. The highest BCUT2D eigenvalue weighted by molar-refractivity contribution is 5.94. The second kappa shape index (κ2) is 5.08. The Hall–Kier alpha value is -2.04. The monoisotopic (exact) mass is 249 g/mol. The lowest BCUT2D eigenvalue weighted by atomic mass is 10.2. The largest absolute Gasteiger partial charge is 0.480 e. The van der Waals surface area contributed by atoms with Crippen molar-refractivity contribution in [3.8, 4) is 0 Å². The van der Waals surface area contributed by atoms with E-state index in [1.807, 2.05) is 6.92 Å². The quantitative estimate of drug-likeness (QED) is 0.827. The predicted octanol–water partition coefficient (Wildman–Crippen LogP) is 1.68. The zero-order valence-corrected chi connectivity index (χ0v) is 10.1. The van der Waals surface area contributed by atoms with Gasteiger partial charge in [-0.3, -0.25) is 4.79 Å². The summed E-state index contributed by atoms with van der Waals surface area (Å²) in [5.41, 5.74) is 0. The Balaban J connectivity index is 2.03. The molecule has 0 unspecified atom stereocenters. The number of amides is 1. The van der Waals surface area contributed by atoms with E-state index >= 15 is 0 Å². The average Bonchev–Trinajstić information content (AvgIpc) is 2.94. The molecule has 2 rings (SSSR count). The van der Waals surface area contributed by atoms with E-state index in [1.165, 1.54) is 11.0 Å². The second-order valence-corrected chi connectivity index (χ2v) is 4.31. The van der Waals surface area contributed by atoms with E-state index in [0.717, 1.165) is 12.2 Å². The molecule has 0 radical (unpaired) electrons. The maximum Gasteiger partial charge on any atom is 0.326 e. The molecule has 18 heavy (non-hydrogen) atoms. The van der Waals surface area contributed by atoms with Crippen molar-refractivity contribution >= 4 is 18.0 Å². The molecule has 0 spiro atoms. The third kappa shape index (κ3) is 2.61. The van der Waals surface area contributed by atoms with Crippen molar-refractivity contribution in [3.05, 3.63) is 29.7 Å². The maximum atomic E-state index is 11.9. The van der Waals surface area contributed by atoms with E-state index in [1.54, 1.807) is 18.2 Å². The number of nitrogens with zero attached hydrogens (tertiary/aromatic N) is 1. The Morgan fingerprint density at radius 3 is 2.89 bits per heavy atom. The number of carbonyl (C=O) groups excluding carboxylic acids is 1. The molecule has 1 aliphatic heterocycles. The minimum Gasteiger partial charge on any atom is -0.480 e. The summed E-state index contributed by atoms with van der Waals surface area (Å²) < 4.78 is 5.30. The second-order valence-electron chi connectivity index (χ2n) is 4.31. The lowest BCUT2D eigenvalue weighted by molar-refractivity contribution is -0.146. The minimum absolute atomic E-state index is 0.283. The van der Waals surface area contributed by atoms with Gasteiger partial charge in [0.25, 0.3) is 0 Å². The molecule has 1 aromatic heterocycles. The van der Waals surface area contributed by atoms with Gasteiger partial charge in [0.1, 0.15) is 17.6 Å². The van der Waals surface area contributed by atoms with Gasteiger partial charge in [-0.1, -0.05) is 0 Å².